The number of nitrogens with zero attached hydrogens (tertiary/aromatic N) is 2. The molecule has 0 aliphatic heterocycles. The molecule has 0 atom stereocenters. The van der Waals surface area contributed by atoms with E-state index in [1.165, 1.54) is 16.5 Å². The number of hydrogen-bond acceptors (Lipinski definition) is 2. The summed E-state index contributed by atoms with van der Waals surface area (Å²) in [7, 11) is 1.68. The Morgan fingerprint density at radius 2 is 1.79 bits per heavy atom. The Kier molecular flexibility index (Phi) is 2.95. The zero-order valence-corrected chi connectivity index (χ0v) is 11.1. The maximum absolute atomic E-state index is 5.17. The lowest BCUT2D eigenvalue weighted by Crippen LogP contribution is -2.01. The molecule has 1 heterocycles. The lowest BCUT2D eigenvalue weighted by Gasteiger charge is -2.05. The molecule has 3 rings (SSSR count). The second kappa shape index (κ2) is 4.76. The summed E-state index contributed by atoms with van der Waals surface area (Å²) >= 11 is 0. The van der Waals surface area contributed by atoms with Gasteiger partial charge in [-0.3, -0.25) is 4.68 Å². The van der Waals surface area contributed by atoms with Crippen molar-refractivity contribution in [2.45, 2.75) is 13.5 Å². The van der Waals surface area contributed by atoms with Crippen LogP contribution in [0.15, 0.2) is 48.5 Å². The molecule has 0 radical (unpaired) electrons. The van der Waals surface area contributed by atoms with Crippen LogP contribution in [-0.4, -0.2) is 16.9 Å². The molecule has 0 amide bonds. The first-order chi connectivity index (χ1) is 9.28. The standard InChI is InChI=1S/C16H16N2O/c1-12-15-5-3-4-6-16(15)18(17-12)11-13-7-9-14(19-2)10-8-13/h3-10H,11H2,1-2H3. The third-order valence-electron chi connectivity index (χ3n) is 3.33. The number of para-hydroxylation sites is 1. The highest BCUT2D eigenvalue weighted by atomic mass is 16.5. The van der Waals surface area contributed by atoms with E-state index in [-0.39, 0.29) is 0 Å². The molecule has 0 aliphatic rings. The van der Waals surface area contributed by atoms with Crippen molar-refractivity contribution in [1.82, 2.24) is 9.78 Å². The number of hydrogen-bond donors (Lipinski definition) is 0. The summed E-state index contributed by atoms with van der Waals surface area (Å²) in [6.07, 6.45) is 0. The summed E-state index contributed by atoms with van der Waals surface area (Å²) in [6.45, 7) is 2.82. The molecule has 0 bridgehead atoms. The van der Waals surface area contributed by atoms with Crippen LogP contribution in [0.2, 0.25) is 0 Å². The van der Waals surface area contributed by atoms with Gasteiger partial charge < -0.3 is 4.74 Å². The minimum atomic E-state index is 0.776. The quantitative estimate of drug-likeness (QED) is 0.714. The van der Waals surface area contributed by atoms with Gasteiger partial charge in [-0.05, 0) is 30.7 Å². The fraction of sp³-hybridized carbons (Fsp3) is 0.188. The Morgan fingerprint density at radius 1 is 1.05 bits per heavy atom. The topological polar surface area (TPSA) is 27.1 Å². The van der Waals surface area contributed by atoms with Gasteiger partial charge in [0, 0.05) is 5.39 Å². The number of rotatable bonds is 3. The maximum Gasteiger partial charge on any atom is 0.118 e. The zero-order chi connectivity index (χ0) is 13.2. The van der Waals surface area contributed by atoms with Crippen molar-refractivity contribution in [2.24, 2.45) is 0 Å². The van der Waals surface area contributed by atoms with Crippen molar-refractivity contribution in [1.29, 1.82) is 0 Å². The van der Waals surface area contributed by atoms with Gasteiger partial charge in [-0.15, -0.1) is 0 Å². The third-order valence-corrected chi connectivity index (χ3v) is 3.33. The zero-order valence-electron chi connectivity index (χ0n) is 11.1. The van der Waals surface area contributed by atoms with Crippen LogP contribution in [-0.2, 0) is 6.54 Å². The second-order valence-corrected chi connectivity index (χ2v) is 4.61. The minimum absolute atomic E-state index is 0.776. The molecule has 0 aliphatic carbocycles. The van der Waals surface area contributed by atoms with Crippen LogP contribution in [0.3, 0.4) is 0 Å². The van der Waals surface area contributed by atoms with E-state index in [2.05, 4.69) is 35.4 Å². The molecule has 0 unspecified atom stereocenters. The van der Waals surface area contributed by atoms with Gasteiger partial charge in [-0.25, -0.2) is 0 Å². The van der Waals surface area contributed by atoms with E-state index >= 15 is 0 Å². The molecule has 0 fully saturated rings. The first-order valence-corrected chi connectivity index (χ1v) is 6.33. The Balaban J connectivity index is 1.96. The van der Waals surface area contributed by atoms with Crippen LogP contribution in [0, 0.1) is 6.92 Å². The highest BCUT2D eigenvalue weighted by molar-refractivity contribution is 5.81. The smallest absolute Gasteiger partial charge is 0.118 e. The SMILES string of the molecule is COc1ccc(Cn2nc(C)c3ccccc32)cc1. The van der Waals surface area contributed by atoms with Crippen LogP contribution in [0.25, 0.3) is 10.9 Å². The Morgan fingerprint density at radius 3 is 2.53 bits per heavy atom. The summed E-state index contributed by atoms with van der Waals surface area (Å²) < 4.78 is 7.22. The van der Waals surface area contributed by atoms with Gasteiger partial charge in [0.25, 0.3) is 0 Å². The summed E-state index contributed by atoms with van der Waals surface area (Å²) in [6, 6.07) is 16.4. The molecule has 0 saturated carbocycles. The van der Waals surface area contributed by atoms with E-state index < -0.39 is 0 Å². The summed E-state index contributed by atoms with van der Waals surface area (Å²) in [5.41, 5.74) is 3.47. The van der Waals surface area contributed by atoms with E-state index in [0.717, 1.165) is 18.0 Å². The molecule has 2 aromatic carbocycles. The highest BCUT2D eigenvalue weighted by Gasteiger charge is 2.06. The van der Waals surface area contributed by atoms with E-state index in [1.54, 1.807) is 7.11 Å². The average Bonchev–Trinajstić information content (AvgIpc) is 2.77. The van der Waals surface area contributed by atoms with Crippen molar-refractivity contribution < 1.29 is 4.74 Å². The van der Waals surface area contributed by atoms with E-state index in [0.29, 0.717) is 0 Å². The van der Waals surface area contributed by atoms with E-state index in [9.17, 15) is 0 Å². The van der Waals surface area contributed by atoms with Crippen molar-refractivity contribution >= 4 is 10.9 Å². The minimum Gasteiger partial charge on any atom is -0.497 e. The van der Waals surface area contributed by atoms with Gasteiger partial charge in [-0.2, -0.15) is 5.10 Å². The molecule has 1 aromatic heterocycles. The Bertz CT molecular complexity index is 698. The lowest BCUT2D eigenvalue weighted by molar-refractivity contribution is 0.414. The van der Waals surface area contributed by atoms with Crippen molar-refractivity contribution in [3.8, 4) is 5.75 Å². The molecule has 3 heteroatoms. The molecule has 0 N–H and O–H groups in total. The van der Waals surface area contributed by atoms with Crippen molar-refractivity contribution in [3.63, 3.8) is 0 Å². The monoisotopic (exact) mass is 252 g/mol. The first kappa shape index (κ1) is 11.8. The largest absolute Gasteiger partial charge is 0.497 e. The molecule has 0 saturated heterocycles. The maximum atomic E-state index is 5.17. The Labute approximate surface area is 112 Å². The van der Waals surface area contributed by atoms with E-state index in [1.807, 2.05) is 29.8 Å². The average molecular weight is 252 g/mol. The molecular formula is C16H16N2O. The third kappa shape index (κ3) is 2.19. The van der Waals surface area contributed by atoms with Gasteiger partial charge in [0.2, 0.25) is 0 Å². The van der Waals surface area contributed by atoms with Crippen molar-refractivity contribution in [2.75, 3.05) is 7.11 Å². The highest BCUT2D eigenvalue weighted by Crippen LogP contribution is 2.19. The molecule has 3 nitrogen and oxygen atoms in total. The fourth-order valence-electron chi connectivity index (χ4n) is 2.32. The number of ether oxygens (including phenoxy) is 1. The molecule has 96 valence electrons. The summed E-state index contributed by atoms with van der Waals surface area (Å²) in [5, 5.41) is 5.83. The predicted molar refractivity (Wildman–Crippen MR) is 76.6 cm³/mol. The number of methoxy groups -OCH3 is 1. The van der Waals surface area contributed by atoms with Crippen molar-refractivity contribution in [3.05, 3.63) is 59.8 Å². The summed E-state index contributed by atoms with van der Waals surface area (Å²) in [5.74, 6) is 0.880. The number of fused-ring (bicyclic) bond motifs is 1. The van der Waals surface area contributed by atoms with Crippen LogP contribution in [0.4, 0.5) is 0 Å². The first-order valence-electron chi connectivity index (χ1n) is 6.33. The number of benzene rings is 2. The van der Waals surface area contributed by atoms with Gasteiger partial charge in [0.1, 0.15) is 5.75 Å². The van der Waals surface area contributed by atoms with Crippen LogP contribution in [0.1, 0.15) is 11.3 Å². The predicted octanol–water partition coefficient (Wildman–Crippen LogP) is 3.40. The molecule has 3 aromatic rings. The normalized spacial score (nSPS) is 10.8. The van der Waals surface area contributed by atoms with Gasteiger partial charge in [0.05, 0.1) is 24.9 Å². The fourth-order valence-corrected chi connectivity index (χ4v) is 2.32. The van der Waals surface area contributed by atoms with E-state index in [4.69, 9.17) is 4.74 Å². The van der Waals surface area contributed by atoms with Crippen LogP contribution >= 0.6 is 0 Å². The Hall–Kier alpha value is -2.29. The van der Waals surface area contributed by atoms with Crippen LogP contribution < -0.4 is 4.74 Å². The number of aromatic nitrogens is 2. The van der Waals surface area contributed by atoms with Crippen LogP contribution in [0.5, 0.6) is 5.75 Å². The number of aryl methyl sites for hydroxylation is 1. The van der Waals surface area contributed by atoms with Gasteiger partial charge in [-0.1, -0.05) is 30.3 Å². The van der Waals surface area contributed by atoms with Gasteiger partial charge >= 0.3 is 0 Å². The molecular weight excluding hydrogens is 236 g/mol. The molecule has 0 spiro atoms. The second-order valence-electron chi connectivity index (χ2n) is 4.61. The summed E-state index contributed by atoms with van der Waals surface area (Å²) in [4.78, 5) is 0. The van der Waals surface area contributed by atoms with Gasteiger partial charge in [0.15, 0.2) is 0 Å². The lowest BCUT2D eigenvalue weighted by atomic mass is 10.2. The molecule has 19 heavy (non-hydrogen) atoms.